The fourth-order valence-corrected chi connectivity index (χ4v) is 3.06. The van der Waals surface area contributed by atoms with Crippen LogP contribution in [0.3, 0.4) is 0 Å². The number of rotatable bonds is 8. The quantitative estimate of drug-likeness (QED) is 0.503. The summed E-state index contributed by atoms with van der Waals surface area (Å²) < 4.78 is 9.17. The molecule has 0 saturated heterocycles. The van der Waals surface area contributed by atoms with E-state index < -0.39 is 41.7 Å². The lowest BCUT2D eigenvalue weighted by Crippen LogP contribution is -2.50. The minimum atomic E-state index is -1.52. The summed E-state index contributed by atoms with van der Waals surface area (Å²) in [5, 5.41) is 11.9. The highest BCUT2D eigenvalue weighted by Gasteiger charge is 2.42. The summed E-state index contributed by atoms with van der Waals surface area (Å²) in [5.41, 5.74) is 2.10. The van der Waals surface area contributed by atoms with Crippen molar-refractivity contribution in [2.24, 2.45) is 11.8 Å². The Bertz CT molecular complexity index is 893. The van der Waals surface area contributed by atoms with Crippen LogP contribution in [0.15, 0.2) is 54.6 Å². The van der Waals surface area contributed by atoms with E-state index in [0.29, 0.717) is 0 Å². The second kappa shape index (κ2) is 10.2. The lowest BCUT2D eigenvalue weighted by Gasteiger charge is -2.26. The van der Waals surface area contributed by atoms with Gasteiger partial charge in [0.15, 0.2) is 5.92 Å². The summed E-state index contributed by atoms with van der Waals surface area (Å²) >= 11 is 0. The minimum absolute atomic E-state index is 0.237. The van der Waals surface area contributed by atoms with Gasteiger partial charge in [-0.25, -0.2) is 4.79 Å². The van der Waals surface area contributed by atoms with Crippen LogP contribution in [-0.4, -0.2) is 49.2 Å². The Morgan fingerprint density at radius 2 is 1.33 bits per heavy atom. The molecule has 2 aromatic rings. The molecule has 2 aromatic carbocycles. The first kappa shape index (κ1) is 22.6. The van der Waals surface area contributed by atoms with Gasteiger partial charge >= 0.3 is 17.9 Å². The number of carbonyl (C=O) groups is 4. The number of esters is 2. The molecule has 0 heterocycles. The molecule has 0 aliphatic heterocycles. The normalized spacial score (nSPS) is 12.5. The zero-order valence-corrected chi connectivity index (χ0v) is 16.8. The van der Waals surface area contributed by atoms with Gasteiger partial charge in [-0.05, 0) is 23.3 Å². The highest BCUT2D eigenvalue weighted by Crippen LogP contribution is 2.22. The monoisotopic (exact) mass is 413 g/mol. The molecule has 8 heteroatoms. The molecule has 0 aromatic heterocycles. The molecule has 1 amide bonds. The van der Waals surface area contributed by atoms with Crippen LogP contribution in [0.1, 0.15) is 17.3 Å². The number of hydrogen-bond acceptors (Lipinski definition) is 6. The molecule has 2 N–H and O–H groups in total. The number of carbonyl (C=O) groups excluding carboxylic acids is 3. The van der Waals surface area contributed by atoms with Crippen LogP contribution in [0.5, 0.6) is 0 Å². The van der Waals surface area contributed by atoms with Crippen molar-refractivity contribution in [1.82, 2.24) is 5.32 Å². The maximum absolute atomic E-state index is 12.6. The van der Waals surface area contributed by atoms with Gasteiger partial charge < -0.3 is 19.9 Å². The van der Waals surface area contributed by atoms with E-state index in [9.17, 15) is 24.3 Å². The Morgan fingerprint density at radius 1 is 0.833 bits per heavy atom. The molecule has 0 bridgehead atoms. The van der Waals surface area contributed by atoms with Crippen LogP contribution in [0, 0.1) is 11.8 Å². The molecule has 0 spiro atoms. The van der Waals surface area contributed by atoms with Gasteiger partial charge in [0.25, 0.3) is 5.91 Å². The lowest BCUT2D eigenvalue weighted by atomic mass is 9.87. The van der Waals surface area contributed by atoms with Gasteiger partial charge in [0, 0.05) is 11.5 Å². The van der Waals surface area contributed by atoms with Gasteiger partial charge in [-0.3, -0.25) is 14.4 Å². The van der Waals surface area contributed by atoms with Crippen LogP contribution in [0.4, 0.5) is 0 Å². The average molecular weight is 413 g/mol. The van der Waals surface area contributed by atoms with Crippen molar-refractivity contribution in [3.8, 4) is 11.1 Å². The van der Waals surface area contributed by atoms with E-state index in [1.807, 2.05) is 30.3 Å². The third kappa shape index (κ3) is 5.22. The number of carboxylic acid groups (broad SMARTS) is 1. The van der Waals surface area contributed by atoms with Crippen LogP contribution in [0.2, 0.25) is 0 Å². The molecule has 30 heavy (non-hydrogen) atoms. The standard InChI is InChI=1S/C22H23NO7/c1-13(17(21(27)29-2)22(28)30-3)18(20(25)26)23-19(24)16-11-9-15(10-12-16)14-7-5-4-6-8-14/h4-13,17-18H,1-3H3,(H,23,24)(H,25,26)/t13-,18-/m1/s1. The van der Waals surface area contributed by atoms with E-state index in [0.717, 1.165) is 25.3 Å². The van der Waals surface area contributed by atoms with Crippen molar-refractivity contribution in [3.05, 3.63) is 60.2 Å². The van der Waals surface area contributed by atoms with Crippen LogP contribution >= 0.6 is 0 Å². The van der Waals surface area contributed by atoms with Crippen molar-refractivity contribution in [2.75, 3.05) is 14.2 Å². The molecule has 8 nitrogen and oxygen atoms in total. The van der Waals surface area contributed by atoms with Crippen LogP contribution < -0.4 is 5.32 Å². The Kier molecular flexibility index (Phi) is 7.69. The number of benzene rings is 2. The van der Waals surface area contributed by atoms with E-state index >= 15 is 0 Å². The molecule has 2 rings (SSSR count). The first-order chi connectivity index (χ1) is 14.3. The van der Waals surface area contributed by atoms with Gasteiger partial charge in [-0.2, -0.15) is 0 Å². The molecular weight excluding hydrogens is 390 g/mol. The van der Waals surface area contributed by atoms with Gasteiger partial charge in [-0.1, -0.05) is 49.4 Å². The maximum atomic E-state index is 12.6. The fourth-order valence-electron chi connectivity index (χ4n) is 3.06. The summed E-state index contributed by atoms with van der Waals surface area (Å²) in [4.78, 5) is 48.3. The largest absolute Gasteiger partial charge is 0.480 e. The summed E-state index contributed by atoms with van der Waals surface area (Å²) in [5.74, 6) is -6.54. The third-order valence-corrected chi connectivity index (χ3v) is 4.77. The molecule has 0 radical (unpaired) electrons. The van der Waals surface area contributed by atoms with Gasteiger partial charge in [0.05, 0.1) is 14.2 Å². The summed E-state index contributed by atoms with van der Waals surface area (Å²) in [7, 11) is 2.15. The Morgan fingerprint density at radius 3 is 1.80 bits per heavy atom. The first-order valence-electron chi connectivity index (χ1n) is 9.15. The Balaban J connectivity index is 2.21. The van der Waals surface area contributed by atoms with Crippen molar-refractivity contribution in [1.29, 1.82) is 0 Å². The zero-order chi connectivity index (χ0) is 22.3. The Hall–Kier alpha value is -3.68. The number of aliphatic carboxylic acids is 1. The molecule has 158 valence electrons. The van der Waals surface area contributed by atoms with Crippen LogP contribution in [-0.2, 0) is 23.9 Å². The highest BCUT2D eigenvalue weighted by atomic mass is 16.5. The molecule has 0 saturated carbocycles. The second-order valence-corrected chi connectivity index (χ2v) is 6.62. The van der Waals surface area contributed by atoms with Crippen molar-refractivity contribution in [3.63, 3.8) is 0 Å². The van der Waals surface area contributed by atoms with E-state index in [1.54, 1.807) is 24.3 Å². The molecule has 0 aliphatic rings. The maximum Gasteiger partial charge on any atom is 0.326 e. The van der Waals surface area contributed by atoms with Gasteiger partial charge in [0.1, 0.15) is 6.04 Å². The molecule has 0 fully saturated rings. The zero-order valence-electron chi connectivity index (χ0n) is 16.8. The predicted octanol–water partition coefficient (Wildman–Crippen LogP) is 2.13. The van der Waals surface area contributed by atoms with Gasteiger partial charge in [0.2, 0.25) is 0 Å². The Labute approximate surface area is 173 Å². The van der Waals surface area contributed by atoms with Crippen molar-refractivity contribution in [2.45, 2.75) is 13.0 Å². The second-order valence-electron chi connectivity index (χ2n) is 6.62. The minimum Gasteiger partial charge on any atom is -0.480 e. The van der Waals surface area contributed by atoms with Crippen LogP contribution in [0.25, 0.3) is 11.1 Å². The van der Waals surface area contributed by atoms with E-state index in [2.05, 4.69) is 14.8 Å². The summed E-state index contributed by atoms with van der Waals surface area (Å²) in [6.45, 7) is 1.36. The lowest BCUT2D eigenvalue weighted by molar-refractivity contribution is -0.162. The van der Waals surface area contributed by atoms with E-state index in [4.69, 9.17) is 0 Å². The van der Waals surface area contributed by atoms with E-state index in [1.165, 1.54) is 6.92 Å². The fraction of sp³-hybridized carbons (Fsp3) is 0.273. The summed E-state index contributed by atoms with van der Waals surface area (Å²) in [6, 6.07) is 14.7. The summed E-state index contributed by atoms with van der Waals surface area (Å²) in [6.07, 6.45) is 0. The number of amides is 1. The molecule has 2 atom stereocenters. The predicted molar refractivity (Wildman–Crippen MR) is 107 cm³/mol. The van der Waals surface area contributed by atoms with Crippen molar-refractivity contribution < 1.29 is 33.8 Å². The topological polar surface area (TPSA) is 119 Å². The number of methoxy groups -OCH3 is 2. The average Bonchev–Trinajstić information content (AvgIpc) is 2.77. The number of hydrogen-bond donors (Lipinski definition) is 2. The van der Waals surface area contributed by atoms with E-state index in [-0.39, 0.29) is 5.56 Å². The number of nitrogens with one attached hydrogen (secondary N) is 1. The smallest absolute Gasteiger partial charge is 0.326 e. The third-order valence-electron chi connectivity index (χ3n) is 4.77. The first-order valence-corrected chi connectivity index (χ1v) is 9.15. The number of ether oxygens (including phenoxy) is 2. The molecule has 0 aliphatic carbocycles. The highest BCUT2D eigenvalue weighted by molar-refractivity contribution is 5.99. The number of carboxylic acids is 1. The molecular formula is C22H23NO7. The van der Waals surface area contributed by atoms with Crippen molar-refractivity contribution >= 4 is 23.8 Å². The van der Waals surface area contributed by atoms with Gasteiger partial charge in [-0.15, -0.1) is 0 Å². The molecule has 0 unspecified atom stereocenters. The SMILES string of the molecule is COC(=O)C(C(=O)OC)[C@@H](C)[C@@H](NC(=O)c1ccc(-c2ccccc2)cc1)C(=O)O.